The van der Waals surface area contributed by atoms with Crippen molar-refractivity contribution in [2.75, 3.05) is 13.2 Å². The average molecular weight is 485 g/mol. The third-order valence-electron chi connectivity index (χ3n) is 6.64. The maximum Gasteiger partial charge on any atom is 0.126 e. The molecule has 6 rings (SSSR count). The van der Waals surface area contributed by atoms with E-state index in [1.165, 1.54) is 0 Å². The van der Waals surface area contributed by atoms with E-state index in [0.29, 0.717) is 25.0 Å². The second-order valence-corrected chi connectivity index (χ2v) is 9.19. The summed E-state index contributed by atoms with van der Waals surface area (Å²) in [6.45, 7) is 1.20. The van der Waals surface area contributed by atoms with Crippen LogP contribution in [0.5, 0.6) is 34.5 Å². The van der Waals surface area contributed by atoms with Crippen LogP contribution in [-0.2, 0) is 12.8 Å². The molecule has 0 fully saturated rings. The summed E-state index contributed by atoms with van der Waals surface area (Å²) in [5.74, 6) is 3.15. The minimum Gasteiger partial charge on any atom is -0.508 e. The molecular formula is C30H28O6. The van der Waals surface area contributed by atoms with E-state index in [-0.39, 0.29) is 23.0 Å². The number of phenols is 4. The average Bonchev–Trinajstić information content (AvgIpc) is 2.89. The molecule has 4 aromatic rings. The number of hydrogen-bond acceptors (Lipinski definition) is 6. The minimum absolute atomic E-state index is 0.233. The monoisotopic (exact) mass is 484 g/mol. The number of benzene rings is 4. The van der Waals surface area contributed by atoms with Gasteiger partial charge in [-0.2, -0.15) is 0 Å². The van der Waals surface area contributed by atoms with Gasteiger partial charge in [0, 0.05) is 24.0 Å². The molecule has 2 aliphatic heterocycles. The summed E-state index contributed by atoms with van der Waals surface area (Å²) in [7, 11) is 0. The van der Waals surface area contributed by atoms with Gasteiger partial charge in [-0.1, -0.05) is 36.4 Å². The zero-order valence-corrected chi connectivity index (χ0v) is 19.7. The van der Waals surface area contributed by atoms with Crippen LogP contribution in [0.25, 0.3) is 0 Å². The van der Waals surface area contributed by atoms with E-state index in [4.69, 9.17) is 9.47 Å². The molecule has 2 aliphatic rings. The number of phenolic OH excluding ortho intramolecular Hbond substituents is 4. The molecule has 0 aliphatic carbocycles. The maximum atomic E-state index is 9.39. The summed E-state index contributed by atoms with van der Waals surface area (Å²) < 4.78 is 11.4. The van der Waals surface area contributed by atoms with Gasteiger partial charge in [0.05, 0.1) is 13.2 Å². The molecule has 0 bridgehead atoms. The first kappa shape index (κ1) is 23.4. The predicted molar refractivity (Wildman–Crippen MR) is 136 cm³/mol. The fourth-order valence-electron chi connectivity index (χ4n) is 4.64. The molecule has 6 heteroatoms. The van der Waals surface area contributed by atoms with E-state index < -0.39 is 0 Å². The summed E-state index contributed by atoms with van der Waals surface area (Å²) in [6, 6.07) is 25.0. The van der Waals surface area contributed by atoms with E-state index >= 15 is 0 Å². The van der Waals surface area contributed by atoms with E-state index in [1.54, 1.807) is 48.5 Å². The molecule has 6 nitrogen and oxygen atoms in total. The molecule has 0 saturated carbocycles. The van der Waals surface area contributed by atoms with E-state index in [9.17, 15) is 20.4 Å². The molecule has 0 radical (unpaired) electrons. The van der Waals surface area contributed by atoms with E-state index in [1.807, 2.05) is 36.4 Å². The first-order valence-corrected chi connectivity index (χ1v) is 11.9. The van der Waals surface area contributed by atoms with Gasteiger partial charge >= 0.3 is 0 Å². The van der Waals surface area contributed by atoms with Crippen molar-refractivity contribution < 1.29 is 29.9 Å². The molecule has 0 unspecified atom stereocenters. The Bertz CT molecular complexity index is 1230. The van der Waals surface area contributed by atoms with Gasteiger partial charge in [-0.3, -0.25) is 0 Å². The van der Waals surface area contributed by atoms with Crippen molar-refractivity contribution >= 4 is 0 Å². The van der Waals surface area contributed by atoms with Crippen molar-refractivity contribution in [3.8, 4) is 34.5 Å². The van der Waals surface area contributed by atoms with Crippen molar-refractivity contribution in [1.82, 2.24) is 0 Å². The maximum absolute atomic E-state index is 9.39. The lowest BCUT2D eigenvalue weighted by molar-refractivity contribution is 0.261. The highest BCUT2D eigenvalue weighted by molar-refractivity contribution is 5.44. The lowest BCUT2D eigenvalue weighted by atomic mass is 9.90. The van der Waals surface area contributed by atoms with Crippen molar-refractivity contribution in [1.29, 1.82) is 0 Å². The highest BCUT2D eigenvalue weighted by atomic mass is 16.5. The zero-order chi connectivity index (χ0) is 25.1. The second kappa shape index (κ2) is 10.1. The fraction of sp³-hybridized carbons (Fsp3) is 0.200. The smallest absolute Gasteiger partial charge is 0.126 e. The van der Waals surface area contributed by atoms with E-state index in [0.717, 1.165) is 46.6 Å². The van der Waals surface area contributed by atoms with Gasteiger partial charge < -0.3 is 29.9 Å². The first-order valence-electron chi connectivity index (χ1n) is 11.9. The molecule has 184 valence electrons. The Hall–Kier alpha value is -4.32. The molecule has 4 aromatic carbocycles. The Labute approximate surface area is 209 Å². The number of rotatable bonds is 2. The molecule has 0 saturated heterocycles. The molecule has 2 atom stereocenters. The summed E-state index contributed by atoms with van der Waals surface area (Å²) in [5.41, 5.74) is 4.53. The number of ether oxygens (including phenoxy) is 2. The Kier molecular flexibility index (Phi) is 6.58. The molecule has 0 spiro atoms. The lowest BCUT2D eigenvalue weighted by Gasteiger charge is -2.25. The highest BCUT2D eigenvalue weighted by Gasteiger charge is 2.22. The Morgan fingerprint density at radius 1 is 0.472 bits per heavy atom. The van der Waals surface area contributed by atoms with Crippen LogP contribution < -0.4 is 9.47 Å². The van der Waals surface area contributed by atoms with Crippen molar-refractivity contribution in [3.05, 3.63) is 107 Å². The van der Waals surface area contributed by atoms with Crippen LogP contribution >= 0.6 is 0 Å². The topological polar surface area (TPSA) is 99.4 Å². The lowest BCUT2D eigenvalue weighted by Crippen LogP contribution is -2.18. The molecule has 0 amide bonds. The van der Waals surface area contributed by atoms with Crippen LogP contribution in [0, 0.1) is 0 Å². The number of aromatic hydroxyl groups is 4. The first-order chi connectivity index (χ1) is 17.4. The predicted octanol–water partition coefficient (Wildman–Crippen LogP) is 5.63. The Morgan fingerprint density at radius 3 is 1.22 bits per heavy atom. The summed E-state index contributed by atoms with van der Waals surface area (Å²) in [6.07, 6.45) is 1.78. The van der Waals surface area contributed by atoms with Gasteiger partial charge in [-0.15, -0.1) is 0 Å². The summed E-state index contributed by atoms with van der Waals surface area (Å²) >= 11 is 0. The van der Waals surface area contributed by atoms with Crippen LogP contribution in [0.4, 0.5) is 0 Å². The van der Waals surface area contributed by atoms with Crippen LogP contribution in [0.1, 0.15) is 34.1 Å². The van der Waals surface area contributed by atoms with Crippen LogP contribution in [0.15, 0.2) is 84.9 Å². The number of fused-ring (bicyclic) bond motifs is 2. The van der Waals surface area contributed by atoms with Gasteiger partial charge in [0.25, 0.3) is 0 Å². The summed E-state index contributed by atoms with van der Waals surface area (Å²) in [5, 5.41) is 37.4. The fourth-order valence-corrected chi connectivity index (χ4v) is 4.64. The Balaban J connectivity index is 0.000000148. The largest absolute Gasteiger partial charge is 0.508 e. The van der Waals surface area contributed by atoms with Gasteiger partial charge in [0.1, 0.15) is 34.5 Å². The molecule has 36 heavy (non-hydrogen) atoms. The molecule has 2 heterocycles. The van der Waals surface area contributed by atoms with E-state index in [2.05, 4.69) is 0 Å². The normalized spacial score (nSPS) is 17.9. The standard InChI is InChI=1S/2C15H14O3/c2*16-13-4-1-10(2-5-13)12-7-11-3-6-14(17)8-15(11)18-9-12/h2*1-6,8,12,16-17H,7,9H2/t2*12-/m10/s1. The van der Waals surface area contributed by atoms with Crippen molar-refractivity contribution in [2.24, 2.45) is 0 Å². The van der Waals surface area contributed by atoms with Crippen molar-refractivity contribution in [2.45, 2.75) is 24.7 Å². The second-order valence-electron chi connectivity index (χ2n) is 9.19. The molecule has 0 aromatic heterocycles. The molecule has 4 N–H and O–H groups in total. The number of hydrogen-bond donors (Lipinski definition) is 4. The van der Waals surface area contributed by atoms with Crippen LogP contribution in [0.3, 0.4) is 0 Å². The summed E-state index contributed by atoms with van der Waals surface area (Å²) in [4.78, 5) is 0. The van der Waals surface area contributed by atoms with Gasteiger partial charge in [0.2, 0.25) is 0 Å². The third-order valence-corrected chi connectivity index (χ3v) is 6.64. The van der Waals surface area contributed by atoms with Gasteiger partial charge in [0.15, 0.2) is 0 Å². The van der Waals surface area contributed by atoms with Crippen LogP contribution in [0.2, 0.25) is 0 Å². The SMILES string of the molecule is Oc1ccc([C@@H]2COc3cc(O)ccc3C2)cc1.Oc1ccc([C@H]2COc3cc(O)ccc3C2)cc1. The van der Waals surface area contributed by atoms with Gasteiger partial charge in [-0.05, 0) is 71.5 Å². The quantitative estimate of drug-likeness (QED) is 0.294. The van der Waals surface area contributed by atoms with Crippen molar-refractivity contribution in [3.63, 3.8) is 0 Å². The van der Waals surface area contributed by atoms with Gasteiger partial charge in [-0.25, -0.2) is 0 Å². The van der Waals surface area contributed by atoms with Crippen LogP contribution in [-0.4, -0.2) is 33.6 Å². The Morgan fingerprint density at radius 2 is 0.833 bits per heavy atom. The molecular weight excluding hydrogens is 456 g/mol. The highest BCUT2D eigenvalue weighted by Crippen LogP contribution is 2.36. The third kappa shape index (κ3) is 5.33. The minimum atomic E-state index is 0.233. The zero-order valence-electron chi connectivity index (χ0n) is 19.7.